The molecule has 4 nitrogen and oxygen atoms in total. The van der Waals surface area contributed by atoms with Gasteiger partial charge < -0.3 is 14.8 Å². The number of ether oxygens (including phenoxy) is 2. The molecule has 1 rings (SSSR count). The summed E-state index contributed by atoms with van der Waals surface area (Å²) in [6.45, 7) is 2.34. The molecule has 0 unspecified atom stereocenters. The Bertz CT molecular complexity index is 430. The third-order valence-corrected chi connectivity index (χ3v) is 2.01. The smallest absolute Gasteiger partial charge is 0.387 e. The Morgan fingerprint density at radius 2 is 1.95 bits per heavy atom. The Labute approximate surface area is 110 Å². The van der Waals surface area contributed by atoms with Crippen LogP contribution in [0.3, 0.4) is 0 Å². The van der Waals surface area contributed by atoms with Crippen molar-refractivity contribution < 1.29 is 23.0 Å². The molecular weight excluding hydrogens is 256 g/mol. The van der Waals surface area contributed by atoms with Crippen molar-refractivity contribution in [2.24, 2.45) is 0 Å². The molecule has 0 saturated heterocycles. The van der Waals surface area contributed by atoms with E-state index in [0.717, 1.165) is 0 Å². The number of nitrogens with one attached hydrogen (secondary N) is 1. The van der Waals surface area contributed by atoms with Crippen LogP contribution in [-0.2, 0) is 9.53 Å². The van der Waals surface area contributed by atoms with E-state index in [1.54, 1.807) is 12.1 Å². The second-order valence-corrected chi connectivity index (χ2v) is 4.82. The fourth-order valence-electron chi connectivity index (χ4n) is 1.24. The van der Waals surface area contributed by atoms with Gasteiger partial charge in [0.05, 0.1) is 11.3 Å². The lowest BCUT2D eigenvalue weighted by Gasteiger charge is -2.19. The summed E-state index contributed by atoms with van der Waals surface area (Å²) in [5, 5.41) is 2.47. The molecule has 0 bridgehead atoms. The van der Waals surface area contributed by atoms with E-state index < -0.39 is 18.1 Å². The first kappa shape index (κ1) is 15.4. The van der Waals surface area contributed by atoms with Crippen molar-refractivity contribution in [3.63, 3.8) is 0 Å². The minimum Gasteiger partial charge on any atom is -0.433 e. The van der Waals surface area contributed by atoms with Crippen LogP contribution in [0.25, 0.3) is 0 Å². The Morgan fingerprint density at radius 3 is 2.53 bits per heavy atom. The maximum atomic E-state index is 12.2. The quantitative estimate of drug-likeness (QED) is 0.897. The third-order valence-electron chi connectivity index (χ3n) is 2.01. The number of anilines is 1. The van der Waals surface area contributed by atoms with Crippen LogP contribution < -0.4 is 10.1 Å². The molecule has 1 N–H and O–H groups in total. The molecule has 0 radical (unpaired) electrons. The highest BCUT2D eigenvalue weighted by molar-refractivity contribution is 5.93. The van der Waals surface area contributed by atoms with Crippen molar-refractivity contribution >= 4 is 11.6 Å². The van der Waals surface area contributed by atoms with Crippen LogP contribution in [0, 0.1) is 0 Å². The van der Waals surface area contributed by atoms with Crippen LogP contribution in [0.4, 0.5) is 14.5 Å². The van der Waals surface area contributed by atoms with E-state index in [1.807, 2.05) is 20.8 Å². The minimum atomic E-state index is -2.94. The van der Waals surface area contributed by atoms with Crippen molar-refractivity contribution in [3.8, 4) is 5.75 Å². The normalized spacial score (nSPS) is 11.5. The molecule has 0 aliphatic heterocycles. The number of carbonyl (C=O) groups is 1. The predicted octanol–water partition coefficient (Wildman–Crippen LogP) is 3.04. The van der Waals surface area contributed by atoms with E-state index in [-0.39, 0.29) is 18.0 Å². The first-order valence-corrected chi connectivity index (χ1v) is 5.75. The Balaban J connectivity index is 2.63. The third kappa shape index (κ3) is 6.15. The lowest BCUT2D eigenvalue weighted by molar-refractivity contribution is -0.125. The van der Waals surface area contributed by atoms with Crippen LogP contribution in [0.15, 0.2) is 24.3 Å². The minimum absolute atomic E-state index is 0.0818. The number of hydrogen-bond acceptors (Lipinski definition) is 3. The highest BCUT2D eigenvalue weighted by Gasteiger charge is 2.15. The largest absolute Gasteiger partial charge is 0.433 e. The van der Waals surface area contributed by atoms with Gasteiger partial charge in [-0.25, -0.2) is 0 Å². The second kappa shape index (κ2) is 6.47. The Hall–Kier alpha value is -1.69. The molecule has 0 aromatic heterocycles. The molecule has 0 saturated carbocycles. The summed E-state index contributed by atoms with van der Waals surface area (Å²) < 4.78 is 34.0. The lowest BCUT2D eigenvalue weighted by atomic mass is 10.2. The Morgan fingerprint density at radius 1 is 1.32 bits per heavy atom. The molecule has 0 aliphatic carbocycles. The molecule has 106 valence electrons. The van der Waals surface area contributed by atoms with Crippen LogP contribution in [0.5, 0.6) is 5.75 Å². The van der Waals surface area contributed by atoms with Gasteiger partial charge in [-0.2, -0.15) is 8.78 Å². The molecule has 0 spiro atoms. The van der Waals surface area contributed by atoms with Gasteiger partial charge in [0.15, 0.2) is 0 Å². The van der Waals surface area contributed by atoms with Gasteiger partial charge in [0.2, 0.25) is 5.91 Å². The van der Waals surface area contributed by atoms with Gasteiger partial charge in [0, 0.05) is 0 Å². The Kier molecular flexibility index (Phi) is 5.23. The maximum absolute atomic E-state index is 12.2. The van der Waals surface area contributed by atoms with Crippen LogP contribution in [0.1, 0.15) is 20.8 Å². The van der Waals surface area contributed by atoms with Crippen molar-refractivity contribution in [1.82, 2.24) is 0 Å². The van der Waals surface area contributed by atoms with Crippen LogP contribution in [0.2, 0.25) is 0 Å². The van der Waals surface area contributed by atoms with E-state index >= 15 is 0 Å². The fraction of sp³-hybridized carbons (Fsp3) is 0.462. The zero-order valence-electron chi connectivity index (χ0n) is 11.1. The molecule has 0 atom stereocenters. The van der Waals surface area contributed by atoms with Gasteiger partial charge in [0.25, 0.3) is 0 Å². The number of carbonyl (C=O) groups excluding carboxylic acids is 1. The number of alkyl halides is 2. The topological polar surface area (TPSA) is 47.6 Å². The molecule has 1 aromatic carbocycles. The lowest BCUT2D eigenvalue weighted by Crippen LogP contribution is -2.27. The number of hydrogen-bond donors (Lipinski definition) is 1. The summed E-state index contributed by atoms with van der Waals surface area (Å²) in [4.78, 5) is 11.6. The molecule has 0 fully saturated rings. The number of halogens is 2. The number of benzene rings is 1. The van der Waals surface area contributed by atoms with Crippen molar-refractivity contribution in [2.45, 2.75) is 33.0 Å². The molecule has 1 amide bonds. The zero-order chi connectivity index (χ0) is 14.5. The van der Waals surface area contributed by atoms with E-state index in [9.17, 15) is 13.6 Å². The monoisotopic (exact) mass is 273 g/mol. The first-order valence-electron chi connectivity index (χ1n) is 5.75. The summed E-state index contributed by atoms with van der Waals surface area (Å²) in [5.74, 6) is -0.512. The number of amides is 1. The average Bonchev–Trinajstić information content (AvgIpc) is 2.27. The summed E-state index contributed by atoms with van der Waals surface area (Å²) in [6.07, 6.45) is 0. The summed E-state index contributed by atoms with van der Waals surface area (Å²) in [5.41, 5.74) is -0.263. The van der Waals surface area contributed by atoms with Crippen LogP contribution >= 0.6 is 0 Å². The van der Waals surface area contributed by atoms with E-state index in [1.165, 1.54) is 12.1 Å². The number of rotatable bonds is 5. The summed E-state index contributed by atoms with van der Waals surface area (Å²) in [6, 6.07) is 5.98. The second-order valence-electron chi connectivity index (χ2n) is 4.82. The molecule has 19 heavy (non-hydrogen) atoms. The van der Waals surface area contributed by atoms with Gasteiger partial charge in [-0.05, 0) is 32.9 Å². The van der Waals surface area contributed by atoms with Gasteiger partial charge >= 0.3 is 6.61 Å². The first-order chi connectivity index (χ1) is 8.78. The molecule has 1 aromatic rings. The van der Waals surface area contributed by atoms with Crippen molar-refractivity contribution in [2.75, 3.05) is 11.9 Å². The van der Waals surface area contributed by atoms with Gasteiger partial charge in [-0.3, -0.25) is 4.79 Å². The van der Waals surface area contributed by atoms with E-state index in [2.05, 4.69) is 10.1 Å². The molecule has 0 aliphatic rings. The SMILES string of the molecule is CC(C)(C)OCC(=O)Nc1ccccc1OC(F)F. The maximum Gasteiger partial charge on any atom is 0.387 e. The highest BCUT2D eigenvalue weighted by Crippen LogP contribution is 2.25. The van der Waals surface area contributed by atoms with Gasteiger partial charge in [0.1, 0.15) is 12.4 Å². The van der Waals surface area contributed by atoms with Crippen molar-refractivity contribution in [3.05, 3.63) is 24.3 Å². The fourth-order valence-corrected chi connectivity index (χ4v) is 1.24. The van der Waals surface area contributed by atoms with Crippen LogP contribution in [-0.4, -0.2) is 24.7 Å². The molecule has 0 heterocycles. The van der Waals surface area contributed by atoms with E-state index in [0.29, 0.717) is 0 Å². The molecular formula is C13H17F2NO3. The zero-order valence-corrected chi connectivity index (χ0v) is 11.1. The van der Waals surface area contributed by atoms with Gasteiger partial charge in [-0.15, -0.1) is 0 Å². The van der Waals surface area contributed by atoms with E-state index in [4.69, 9.17) is 4.74 Å². The number of para-hydroxylation sites is 2. The average molecular weight is 273 g/mol. The summed E-state index contributed by atoms with van der Waals surface area (Å²) in [7, 11) is 0. The summed E-state index contributed by atoms with van der Waals surface area (Å²) >= 11 is 0. The predicted molar refractivity (Wildman–Crippen MR) is 67.4 cm³/mol. The van der Waals surface area contributed by atoms with Crippen molar-refractivity contribution in [1.29, 1.82) is 0 Å². The molecule has 6 heteroatoms. The highest BCUT2D eigenvalue weighted by atomic mass is 19.3. The standard InChI is InChI=1S/C13H17F2NO3/c1-13(2,3)18-8-11(17)16-9-6-4-5-7-10(9)19-12(14)15/h4-7,12H,8H2,1-3H3,(H,16,17). The van der Waals surface area contributed by atoms with Gasteiger partial charge in [-0.1, -0.05) is 12.1 Å².